The molecule has 3 aromatic carbocycles. The molecule has 6 aromatic rings. The zero-order valence-electron chi connectivity index (χ0n) is 17.6. The van der Waals surface area contributed by atoms with Gasteiger partial charge in [-0.25, -0.2) is 9.48 Å². The number of rotatable bonds is 4. The topological polar surface area (TPSA) is 76.7 Å². The maximum absolute atomic E-state index is 11.8. The van der Waals surface area contributed by atoms with E-state index in [1.165, 1.54) is 6.07 Å². The lowest BCUT2D eigenvalue weighted by Gasteiger charge is -2.03. The number of halogens is 2. The Morgan fingerprint density at radius 1 is 1.00 bits per heavy atom. The van der Waals surface area contributed by atoms with Crippen LogP contribution in [0.25, 0.3) is 38.8 Å². The summed E-state index contributed by atoms with van der Waals surface area (Å²) in [6.07, 6.45) is 2.58. The molecule has 34 heavy (non-hydrogen) atoms. The van der Waals surface area contributed by atoms with Gasteiger partial charge in [-0.15, -0.1) is 5.10 Å². The third kappa shape index (κ3) is 3.73. The number of hydrogen-bond acceptors (Lipinski definition) is 4. The van der Waals surface area contributed by atoms with Crippen LogP contribution in [0.5, 0.6) is 0 Å². The molecule has 166 valence electrons. The van der Waals surface area contributed by atoms with Gasteiger partial charge < -0.3 is 9.40 Å². The van der Waals surface area contributed by atoms with E-state index in [0.717, 1.165) is 44.0 Å². The summed E-state index contributed by atoms with van der Waals surface area (Å²) in [5, 5.41) is 11.3. The molecule has 0 spiro atoms. The summed E-state index contributed by atoms with van der Waals surface area (Å²) in [4.78, 5) is 15.3. The molecule has 0 aliphatic heterocycles. The lowest BCUT2D eigenvalue weighted by molar-refractivity contribution is 0.557. The van der Waals surface area contributed by atoms with E-state index in [-0.39, 0.29) is 0 Å². The van der Waals surface area contributed by atoms with Crippen LogP contribution in [0.2, 0.25) is 5.02 Å². The molecule has 1 N–H and O–H groups in total. The summed E-state index contributed by atoms with van der Waals surface area (Å²) >= 11 is 9.62. The van der Waals surface area contributed by atoms with Crippen LogP contribution in [0.4, 0.5) is 0 Å². The van der Waals surface area contributed by atoms with Crippen LogP contribution in [0.1, 0.15) is 11.3 Å². The number of benzene rings is 3. The molecule has 0 radical (unpaired) electrons. The van der Waals surface area contributed by atoms with Crippen molar-refractivity contribution in [2.75, 3.05) is 0 Å². The third-order valence-electron chi connectivity index (χ3n) is 5.73. The molecule has 6 rings (SSSR count). The van der Waals surface area contributed by atoms with Crippen molar-refractivity contribution in [3.8, 4) is 16.9 Å². The molecule has 0 bridgehead atoms. The number of hydrogen-bond donors (Lipinski definition) is 1. The predicted molar refractivity (Wildman–Crippen MR) is 137 cm³/mol. The van der Waals surface area contributed by atoms with Crippen LogP contribution in [-0.4, -0.2) is 20.0 Å². The first-order chi connectivity index (χ1) is 16.5. The van der Waals surface area contributed by atoms with Crippen LogP contribution < -0.4 is 5.63 Å². The normalized spacial score (nSPS) is 11.5. The highest BCUT2D eigenvalue weighted by Gasteiger charge is 2.14. The molecule has 8 heteroatoms. The number of nitrogens with one attached hydrogen (secondary N) is 1. The fourth-order valence-corrected chi connectivity index (χ4v) is 4.70. The Morgan fingerprint density at radius 2 is 1.85 bits per heavy atom. The number of para-hydroxylation sites is 2. The van der Waals surface area contributed by atoms with E-state index in [1.807, 2.05) is 54.7 Å². The first kappa shape index (κ1) is 20.9. The molecule has 0 amide bonds. The van der Waals surface area contributed by atoms with Gasteiger partial charge in [-0.1, -0.05) is 53.2 Å². The number of aromatic amines is 1. The Morgan fingerprint density at radius 3 is 2.74 bits per heavy atom. The fraction of sp³-hybridized carbons (Fsp3) is 0.0385. The SMILES string of the molecule is O=c1ccc2cccc(-n3cc(-c4cccc5cc(Cc6ccc(Cl)c(Br)c6)[nH]c45)nn3)c2o1. The first-order valence-electron chi connectivity index (χ1n) is 10.6. The van der Waals surface area contributed by atoms with Gasteiger partial charge in [0.25, 0.3) is 0 Å². The number of fused-ring (bicyclic) bond motifs is 2. The minimum Gasteiger partial charge on any atom is -0.420 e. The van der Waals surface area contributed by atoms with E-state index in [9.17, 15) is 4.79 Å². The predicted octanol–water partition coefficient (Wildman–Crippen LogP) is 6.53. The smallest absolute Gasteiger partial charge is 0.336 e. The second kappa shape index (κ2) is 8.27. The Kier molecular flexibility index (Phi) is 5.08. The van der Waals surface area contributed by atoms with Crippen LogP contribution in [0, 0.1) is 0 Å². The van der Waals surface area contributed by atoms with Crippen molar-refractivity contribution < 1.29 is 4.42 Å². The quantitative estimate of drug-likeness (QED) is 0.262. The van der Waals surface area contributed by atoms with Crippen molar-refractivity contribution >= 4 is 49.4 Å². The minimum atomic E-state index is -0.406. The molecule has 0 fully saturated rings. The van der Waals surface area contributed by atoms with E-state index in [1.54, 1.807) is 10.7 Å². The molecule has 0 aliphatic rings. The summed E-state index contributed by atoms with van der Waals surface area (Å²) in [5.74, 6) is 0. The number of nitrogens with zero attached hydrogens (tertiary/aromatic N) is 3. The fourth-order valence-electron chi connectivity index (χ4n) is 4.15. The van der Waals surface area contributed by atoms with Crippen molar-refractivity contribution in [1.82, 2.24) is 20.0 Å². The average Bonchev–Trinajstić information content (AvgIpc) is 3.48. The third-order valence-corrected chi connectivity index (χ3v) is 6.95. The molecule has 0 saturated carbocycles. The van der Waals surface area contributed by atoms with Gasteiger partial charge in [0.2, 0.25) is 0 Å². The van der Waals surface area contributed by atoms with Crippen molar-refractivity contribution in [2.24, 2.45) is 0 Å². The van der Waals surface area contributed by atoms with E-state index < -0.39 is 5.63 Å². The minimum absolute atomic E-state index is 0.406. The Labute approximate surface area is 206 Å². The summed E-state index contributed by atoms with van der Waals surface area (Å²) in [6.45, 7) is 0. The van der Waals surface area contributed by atoms with Gasteiger partial charge >= 0.3 is 5.63 Å². The van der Waals surface area contributed by atoms with Crippen molar-refractivity contribution in [3.63, 3.8) is 0 Å². The highest BCUT2D eigenvalue weighted by molar-refractivity contribution is 9.10. The molecular formula is C26H16BrClN4O2. The molecule has 3 heterocycles. The van der Waals surface area contributed by atoms with Crippen LogP contribution >= 0.6 is 27.5 Å². The first-order valence-corrected chi connectivity index (χ1v) is 11.7. The standard InChI is InChI=1S/C26H16BrClN4O2/c27-20-12-15(7-9-21(20)28)11-18-13-17-4-1-5-19(25(17)29-18)22-14-32(31-30-22)23-6-2-3-16-8-10-24(33)34-26(16)23/h1-10,12-14,29H,11H2. The maximum Gasteiger partial charge on any atom is 0.336 e. The molecule has 6 nitrogen and oxygen atoms in total. The molecule has 0 unspecified atom stereocenters. The molecule has 0 aliphatic carbocycles. The summed E-state index contributed by atoms with van der Waals surface area (Å²) in [5.41, 5.74) is 5.59. The summed E-state index contributed by atoms with van der Waals surface area (Å²) in [6, 6.07) is 23.0. The van der Waals surface area contributed by atoms with Gasteiger partial charge in [-0.2, -0.15) is 0 Å². The molecule has 3 aromatic heterocycles. The highest BCUT2D eigenvalue weighted by atomic mass is 79.9. The van der Waals surface area contributed by atoms with Crippen molar-refractivity contribution in [3.05, 3.63) is 110 Å². The zero-order valence-corrected chi connectivity index (χ0v) is 20.0. The Bertz CT molecular complexity index is 1750. The average molecular weight is 532 g/mol. The number of aromatic nitrogens is 4. The van der Waals surface area contributed by atoms with Gasteiger partial charge in [0.05, 0.1) is 16.7 Å². The monoisotopic (exact) mass is 530 g/mol. The summed E-state index contributed by atoms with van der Waals surface area (Å²) < 4.78 is 7.96. The van der Waals surface area contributed by atoms with Gasteiger partial charge in [-0.05, 0) is 51.8 Å². The molecular weight excluding hydrogens is 516 g/mol. The Hall–Kier alpha value is -3.68. The molecule has 0 atom stereocenters. The Balaban J connectivity index is 1.39. The number of H-pyrrole nitrogens is 1. The van der Waals surface area contributed by atoms with Gasteiger partial charge in [0, 0.05) is 39.0 Å². The highest BCUT2D eigenvalue weighted by Crippen LogP contribution is 2.30. The van der Waals surface area contributed by atoms with E-state index in [0.29, 0.717) is 22.0 Å². The second-order valence-corrected chi connectivity index (χ2v) is 9.25. The van der Waals surface area contributed by atoms with Gasteiger partial charge in [0.15, 0.2) is 5.58 Å². The lowest BCUT2D eigenvalue weighted by Crippen LogP contribution is -2.00. The van der Waals surface area contributed by atoms with Crippen LogP contribution in [0.15, 0.2) is 92.7 Å². The van der Waals surface area contributed by atoms with Crippen LogP contribution in [-0.2, 0) is 6.42 Å². The van der Waals surface area contributed by atoms with Gasteiger partial charge in [0.1, 0.15) is 11.4 Å². The van der Waals surface area contributed by atoms with Crippen molar-refractivity contribution in [1.29, 1.82) is 0 Å². The second-order valence-electron chi connectivity index (χ2n) is 7.99. The summed E-state index contributed by atoms with van der Waals surface area (Å²) in [7, 11) is 0. The van der Waals surface area contributed by atoms with Crippen LogP contribution in [0.3, 0.4) is 0 Å². The van der Waals surface area contributed by atoms with Gasteiger partial charge in [-0.3, -0.25) is 0 Å². The van der Waals surface area contributed by atoms with E-state index in [2.05, 4.69) is 43.4 Å². The van der Waals surface area contributed by atoms with E-state index in [4.69, 9.17) is 16.0 Å². The largest absolute Gasteiger partial charge is 0.420 e. The maximum atomic E-state index is 11.8. The van der Waals surface area contributed by atoms with E-state index >= 15 is 0 Å². The lowest BCUT2D eigenvalue weighted by atomic mass is 10.1. The zero-order chi connectivity index (χ0) is 23.2. The molecule has 0 saturated heterocycles. The van der Waals surface area contributed by atoms with Crippen molar-refractivity contribution in [2.45, 2.75) is 6.42 Å².